The average Bonchev–Trinajstić information content (AvgIpc) is 2.62. The predicted octanol–water partition coefficient (Wildman–Crippen LogP) is 3.53. The van der Waals surface area contributed by atoms with Crippen molar-refractivity contribution in [2.75, 3.05) is 0 Å². The van der Waals surface area contributed by atoms with Gasteiger partial charge in [0.1, 0.15) is 0 Å². The smallest absolute Gasteiger partial charge is 0.0541 e. The van der Waals surface area contributed by atoms with Crippen molar-refractivity contribution in [2.24, 2.45) is 5.92 Å². The molecule has 2 unspecified atom stereocenters. The van der Waals surface area contributed by atoms with Gasteiger partial charge in [-0.25, -0.2) is 0 Å². The molecule has 94 valence electrons. The number of aromatic nitrogens is 1. The second-order valence-electron chi connectivity index (χ2n) is 5.18. The van der Waals surface area contributed by atoms with Crippen LogP contribution in [0.4, 0.5) is 0 Å². The Balaban J connectivity index is 1.76. The van der Waals surface area contributed by atoms with Crippen LogP contribution in [0, 0.1) is 5.92 Å². The first kappa shape index (κ1) is 12.6. The van der Waals surface area contributed by atoms with Crippen molar-refractivity contribution in [3.63, 3.8) is 0 Å². The molecular weight excluding hydrogens is 208 g/mol. The summed E-state index contributed by atoms with van der Waals surface area (Å²) in [6.07, 6.45) is 10.1. The monoisotopic (exact) mass is 232 g/mol. The van der Waals surface area contributed by atoms with Crippen molar-refractivity contribution >= 4 is 0 Å². The van der Waals surface area contributed by atoms with Crippen LogP contribution in [0.3, 0.4) is 0 Å². The summed E-state index contributed by atoms with van der Waals surface area (Å²) in [5.41, 5.74) is 1.16. The van der Waals surface area contributed by atoms with E-state index in [1.807, 2.05) is 12.3 Å². The van der Waals surface area contributed by atoms with E-state index in [2.05, 4.69) is 29.4 Å². The first-order valence-corrected chi connectivity index (χ1v) is 7.01. The zero-order chi connectivity index (χ0) is 11.9. The average molecular weight is 232 g/mol. The molecule has 0 amide bonds. The zero-order valence-electron chi connectivity index (χ0n) is 10.9. The lowest BCUT2D eigenvalue weighted by atomic mass is 9.98. The van der Waals surface area contributed by atoms with E-state index in [0.29, 0.717) is 6.04 Å². The standard InChI is InChI=1S/C15H24N2/c1-2-13-6-5-8-14(10-9-13)17-12-15-7-3-4-11-16-15/h3-4,7,11,13-14,17H,2,5-6,8-10,12H2,1H3. The van der Waals surface area contributed by atoms with Crippen LogP contribution in [0.25, 0.3) is 0 Å². The van der Waals surface area contributed by atoms with E-state index in [1.54, 1.807) is 0 Å². The van der Waals surface area contributed by atoms with E-state index < -0.39 is 0 Å². The Morgan fingerprint density at radius 1 is 1.24 bits per heavy atom. The van der Waals surface area contributed by atoms with Gasteiger partial charge in [0.15, 0.2) is 0 Å². The van der Waals surface area contributed by atoms with Crippen molar-refractivity contribution < 1.29 is 0 Å². The normalized spacial score (nSPS) is 25.5. The second kappa shape index (κ2) is 6.75. The molecule has 1 saturated carbocycles. The quantitative estimate of drug-likeness (QED) is 0.803. The van der Waals surface area contributed by atoms with Crippen LogP contribution in [0.2, 0.25) is 0 Å². The molecule has 1 heterocycles. The SMILES string of the molecule is CCC1CCCC(NCc2ccccn2)CC1. The minimum absolute atomic E-state index is 0.702. The number of nitrogens with zero attached hydrogens (tertiary/aromatic N) is 1. The van der Waals surface area contributed by atoms with Crippen LogP contribution in [0.1, 0.15) is 51.1 Å². The summed E-state index contributed by atoms with van der Waals surface area (Å²) in [7, 11) is 0. The summed E-state index contributed by atoms with van der Waals surface area (Å²) < 4.78 is 0. The Kier molecular flexibility index (Phi) is 4.99. The van der Waals surface area contributed by atoms with Gasteiger partial charge in [-0.3, -0.25) is 4.98 Å². The molecule has 1 aromatic rings. The molecule has 0 aliphatic heterocycles. The molecule has 1 aliphatic carbocycles. The molecule has 0 saturated heterocycles. The molecule has 2 rings (SSSR count). The van der Waals surface area contributed by atoms with Gasteiger partial charge in [0.2, 0.25) is 0 Å². The highest BCUT2D eigenvalue weighted by atomic mass is 14.9. The first-order valence-electron chi connectivity index (χ1n) is 7.01. The minimum Gasteiger partial charge on any atom is -0.308 e. The van der Waals surface area contributed by atoms with Crippen molar-refractivity contribution in [1.29, 1.82) is 0 Å². The number of hydrogen-bond donors (Lipinski definition) is 1. The third kappa shape index (κ3) is 4.12. The summed E-state index contributed by atoms with van der Waals surface area (Å²) >= 11 is 0. The van der Waals surface area contributed by atoms with Crippen molar-refractivity contribution in [3.05, 3.63) is 30.1 Å². The molecule has 2 atom stereocenters. The molecule has 2 heteroatoms. The Morgan fingerprint density at radius 2 is 2.18 bits per heavy atom. The maximum atomic E-state index is 4.36. The van der Waals surface area contributed by atoms with Crippen molar-refractivity contribution in [1.82, 2.24) is 10.3 Å². The maximum absolute atomic E-state index is 4.36. The third-order valence-corrected chi connectivity index (χ3v) is 3.96. The molecule has 0 radical (unpaired) electrons. The van der Waals surface area contributed by atoms with Crippen LogP contribution >= 0.6 is 0 Å². The lowest BCUT2D eigenvalue weighted by Crippen LogP contribution is -2.28. The van der Waals surface area contributed by atoms with Gasteiger partial charge < -0.3 is 5.32 Å². The molecule has 17 heavy (non-hydrogen) atoms. The second-order valence-corrected chi connectivity index (χ2v) is 5.18. The van der Waals surface area contributed by atoms with Crippen LogP contribution < -0.4 is 5.32 Å². The molecule has 1 aromatic heterocycles. The topological polar surface area (TPSA) is 24.9 Å². The lowest BCUT2D eigenvalue weighted by Gasteiger charge is -2.16. The highest BCUT2D eigenvalue weighted by Gasteiger charge is 2.17. The Labute approximate surface area is 105 Å². The molecule has 1 fully saturated rings. The number of hydrogen-bond acceptors (Lipinski definition) is 2. The predicted molar refractivity (Wildman–Crippen MR) is 71.7 cm³/mol. The lowest BCUT2D eigenvalue weighted by molar-refractivity contribution is 0.424. The molecular formula is C15H24N2. The summed E-state index contributed by atoms with van der Waals surface area (Å²) in [6, 6.07) is 6.83. The number of nitrogens with one attached hydrogen (secondary N) is 1. The van der Waals surface area contributed by atoms with Crippen LogP contribution in [-0.4, -0.2) is 11.0 Å². The summed E-state index contributed by atoms with van der Waals surface area (Å²) in [5, 5.41) is 3.66. The summed E-state index contributed by atoms with van der Waals surface area (Å²) in [5.74, 6) is 0.969. The van der Waals surface area contributed by atoms with E-state index in [4.69, 9.17) is 0 Å². The van der Waals surface area contributed by atoms with E-state index in [1.165, 1.54) is 38.5 Å². The van der Waals surface area contributed by atoms with Crippen molar-refractivity contribution in [3.8, 4) is 0 Å². The fraction of sp³-hybridized carbons (Fsp3) is 0.667. The molecule has 0 spiro atoms. The maximum Gasteiger partial charge on any atom is 0.0541 e. The van der Waals surface area contributed by atoms with Gasteiger partial charge in [-0.1, -0.05) is 32.3 Å². The highest BCUT2D eigenvalue weighted by Crippen LogP contribution is 2.25. The summed E-state index contributed by atoms with van der Waals surface area (Å²) in [6.45, 7) is 3.24. The van der Waals surface area contributed by atoms with Crippen LogP contribution in [-0.2, 0) is 6.54 Å². The molecule has 2 nitrogen and oxygen atoms in total. The first-order chi connectivity index (χ1) is 8.38. The van der Waals surface area contributed by atoms with E-state index in [9.17, 15) is 0 Å². The van der Waals surface area contributed by atoms with Crippen molar-refractivity contribution in [2.45, 2.75) is 58.0 Å². The largest absolute Gasteiger partial charge is 0.308 e. The van der Waals surface area contributed by atoms with Gasteiger partial charge in [0.25, 0.3) is 0 Å². The Bertz CT molecular complexity index is 310. The summed E-state index contributed by atoms with van der Waals surface area (Å²) in [4.78, 5) is 4.36. The van der Waals surface area contributed by atoms with E-state index >= 15 is 0 Å². The molecule has 0 aromatic carbocycles. The van der Waals surface area contributed by atoms with Gasteiger partial charge in [-0.05, 0) is 37.3 Å². The number of rotatable bonds is 4. The van der Waals surface area contributed by atoms with Gasteiger partial charge in [-0.15, -0.1) is 0 Å². The third-order valence-electron chi connectivity index (χ3n) is 3.96. The van der Waals surface area contributed by atoms with E-state index in [-0.39, 0.29) is 0 Å². The van der Waals surface area contributed by atoms with Gasteiger partial charge in [0, 0.05) is 18.8 Å². The van der Waals surface area contributed by atoms with Gasteiger partial charge in [0.05, 0.1) is 5.69 Å². The fourth-order valence-corrected chi connectivity index (χ4v) is 2.74. The minimum atomic E-state index is 0.702. The zero-order valence-corrected chi connectivity index (χ0v) is 10.9. The van der Waals surface area contributed by atoms with Crippen LogP contribution in [0.15, 0.2) is 24.4 Å². The Hall–Kier alpha value is -0.890. The molecule has 1 aliphatic rings. The van der Waals surface area contributed by atoms with Crippen LogP contribution in [0.5, 0.6) is 0 Å². The molecule has 0 bridgehead atoms. The highest BCUT2D eigenvalue weighted by molar-refractivity contribution is 5.03. The van der Waals surface area contributed by atoms with E-state index in [0.717, 1.165) is 18.2 Å². The number of pyridine rings is 1. The van der Waals surface area contributed by atoms with Gasteiger partial charge in [-0.2, -0.15) is 0 Å². The fourth-order valence-electron chi connectivity index (χ4n) is 2.74. The Morgan fingerprint density at radius 3 is 2.94 bits per heavy atom. The molecule has 1 N–H and O–H groups in total. The van der Waals surface area contributed by atoms with Gasteiger partial charge >= 0.3 is 0 Å².